The number of rotatable bonds is 3. The van der Waals surface area contributed by atoms with Gasteiger partial charge in [0.1, 0.15) is 0 Å². The van der Waals surface area contributed by atoms with Crippen molar-refractivity contribution >= 4 is 17.4 Å². The van der Waals surface area contributed by atoms with E-state index in [1.807, 2.05) is 4.90 Å². The van der Waals surface area contributed by atoms with Crippen LogP contribution >= 0.6 is 11.5 Å². The Bertz CT molecular complexity index is 794. The van der Waals surface area contributed by atoms with E-state index >= 15 is 0 Å². The molecule has 0 N–H and O–H groups in total. The summed E-state index contributed by atoms with van der Waals surface area (Å²) in [6.07, 6.45) is 4.87. The molecule has 0 atom stereocenters. The first-order valence-corrected chi connectivity index (χ1v) is 10.4. The summed E-state index contributed by atoms with van der Waals surface area (Å²) in [5, 5.41) is 5.70. The van der Waals surface area contributed by atoms with Crippen molar-refractivity contribution in [3.05, 3.63) is 46.5 Å². The molecule has 1 saturated carbocycles. The monoisotopic (exact) mass is 368 g/mol. The lowest BCUT2D eigenvalue weighted by molar-refractivity contribution is 0.0584. The van der Waals surface area contributed by atoms with Crippen molar-refractivity contribution in [2.24, 2.45) is 5.92 Å². The van der Waals surface area contributed by atoms with E-state index in [0.717, 1.165) is 44.9 Å². The first-order chi connectivity index (χ1) is 12.7. The topological polar surface area (TPSA) is 49.3 Å². The quantitative estimate of drug-likeness (QED) is 0.836. The van der Waals surface area contributed by atoms with Gasteiger partial charge in [-0.15, -0.1) is 5.10 Å². The Labute approximate surface area is 158 Å². The van der Waals surface area contributed by atoms with Crippen LogP contribution < -0.4 is 0 Å². The molecule has 5 rings (SSSR count). The number of hydrogen-bond acceptors (Lipinski definition) is 5. The summed E-state index contributed by atoms with van der Waals surface area (Å²) in [5.41, 5.74) is 3.70. The highest BCUT2D eigenvalue weighted by molar-refractivity contribution is 7.03. The summed E-state index contributed by atoms with van der Waals surface area (Å²) in [4.78, 5) is 17.2. The van der Waals surface area contributed by atoms with E-state index < -0.39 is 0 Å². The largest absolute Gasteiger partial charge is 0.337 e. The number of aromatic nitrogens is 2. The first-order valence-electron chi connectivity index (χ1n) is 9.61. The first kappa shape index (κ1) is 16.4. The predicted molar refractivity (Wildman–Crippen MR) is 101 cm³/mol. The molecule has 3 aliphatic rings. The maximum Gasteiger partial charge on any atom is 0.275 e. The Hall–Kier alpha value is -1.79. The molecule has 2 aromatic rings. The number of carbonyl (C=O) groups excluding carboxylic acids is 1. The Kier molecular flexibility index (Phi) is 4.05. The second-order valence-corrected chi connectivity index (χ2v) is 8.74. The minimum absolute atomic E-state index is 0.0348. The molecule has 136 valence electrons. The molecule has 0 bridgehead atoms. The molecule has 6 heteroatoms. The van der Waals surface area contributed by atoms with Gasteiger partial charge in [-0.25, -0.2) is 0 Å². The molecule has 0 radical (unpaired) electrons. The molecule has 26 heavy (non-hydrogen) atoms. The van der Waals surface area contributed by atoms with Gasteiger partial charge in [0.2, 0.25) is 0 Å². The molecule has 3 heterocycles. The number of likely N-dealkylation sites (tertiary alicyclic amines) is 1. The third kappa shape index (κ3) is 2.95. The lowest BCUT2D eigenvalue weighted by Crippen LogP contribution is -2.53. The van der Waals surface area contributed by atoms with Crippen molar-refractivity contribution < 1.29 is 4.79 Å². The van der Waals surface area contributed by atoms with Gasteiger partial charge < -0.3 is 4.90 Å². The fraction of sp³-hybridized carbons (Fsp3) is 0.550. The van der Waals surface area contributed by atoms with Crippen LogP contribution in [0.3, 0.4) is 0 Å². The van der Waals surface area contributed by atoms with Crippen LogP contribution in [0.2, 0.25) is 0 Å². The van der Waals surface area contributed by atoms with Crippen LogP contribution in [-0.2, 0) is 12.0 Å². The second-order valence-electron chi connectivity index (χ2n) is 8.13. The van der Waals surface area contributed by atoms with Gasteiger partial charge in [-0.3, -0.25) is 9.69 Å². The summed E-state index contributed by atoms with van der Waals surface area (Å²) < 4.78 is 3.83. The van der Waals surface area contributed by atoms with Crippen molar-refractivity contribution in [3.8, 4) is 0 Å². The summed E-state index contributed by atoms with van der Waals surface area (Å²) in [5.74, 6) is 0.948. The zero-order valence-electron chi connectivity index (χ0n) is 14.9. The molecule has 1 aliphatic carbocycles. The van der Waals surface area contributed by atoms with Crippen molar-refractivity contribution in [2.75, 3.05) is 26.2 Å². The average molecular weight is 369 g/mol. The number of fused-ring (bicyclic) bond motifs is 2. The van der Waals surface area contributed by atoms with E-state index in [1.54, 1.807) is 5.38 Å². The van der Waals surface area contributed by atoms with Crippen molar-refractivity contribution in [2.45, 2.75) is 37.6 Å². The Morgan fingerprint density at radius 3 is 2.77 bits per heavy atom. The Balaban J connectivity index is 1.37. The normalized spacial score (nSPS) is 22.4. The van der Waals surface area contributed by atoms with Gasteiger partial charge in [-0.1, -0.05) is 28.8 Å². The summed E-state index contributed by atoms with van der Waals surface area (Å²) in [6.45, 7) is 5.08. The number of piperidine rings is 1. The van der Waals surface area contributed by atoms with Gasteiger partial charge in [0, 0.05) is 43.5 Å². The smallest absolute Gasteiger partial charge is 0.275 e. The number of nitrogens with zero attached hydrogens (tertiary/aromatic N) is 4. The lowest BCUT2D eigenvalue weighted by Gasteiger charge is -2.48. The van der Waals surface area contributed by atoms with Gasteiger partial charge in [0.25, 0.3) is 5.91 Å². The molecule has 1 aromatic heterocycles. The van der Waals surface area contributed by atoms with E-state index in [2.05, 4.69) is 38.8 Å². The third-order valence-electron chi connectivity index (χ3n) is 6.31. The van der Waals surface area contributed by atoms with Crippen LogP contribution in [0.5, 0.6) is 0 Å². The molecule has 1 spiro atoms. The standard InChI is InChI=1S/C20H24N4OS/c25-19(18-13-26-22-21-18)24-9-7-20(8-10-24)14-23(11-15-5-6-15)12-16-3-1-2-4-17(16)20/h1-4,13,15H,5-12,14H2. The van der Waals surface area contributed by atoms with Crippen LogP contribution in [0.4, 0.5) is 0 Å². The molecule has 0 unspecified atom stereocenters. The van der Waals surface area contributed by atoms with Crippen molar-refractivity contribution in [1.29, 1.82) is 0 Å². The van der Waals surface area contributed by atoms with Crippen LogP contribution in [0.25, 0.3) is 0 Å². The van der Waals surface area contributed by atoms with Crippen LogP contribution in [-0.4, -0.2) is 51.5 Å². The minimum Gasteiger partial charge on any atom is -0.337 e. The molecule has 5 nitrogen and oxygen atoms in total. The molecule has 1 aromatic carbocycles. The second kappa shape index (κ2) is 6.43. The molecule has 1 saturated heterocycles. The van der Waals surface area contributed by atoms with E-state index in [4.69, 9.17) is 0 Å². The summed E-state index contributed by atoms with van der Waals surface area (Å²) in [6, 6.07) is 8.97. The summed E-state index contributed by atoms with van der Waals surface area (Å²) in [7, 11) is 0. The fourth-order valence-corrected chi connectivity index (χ4v) is 5.20. The van der Waals surface area contributed by atoms with Crippen LogP contribution in [0.1, 0.15) is 47.3 Å². The Morgan fingerprint density at radius 2 is 2.04 bits per heavy atom. The molecular weight excluding hydrogens is 344 g/mol. The van der Waals surface area contributed by atoms with Gasteiger partial charge in [-0.2, -0.15) is 0 Å². The third-order valence-corrected chi connectivity index (χ3v) is 6.81. The van der Waals surface area contributed by atoms with Gasteiger partial charge >= 0.3 is 0 Å². The molecule has 2 aliphatic heterocycles. The van der Waals surface area contributed by atoms with Crippen molar-refractivity contribution in [1.82, 2.24) is 19.4 Å². The van der Waals surface area contributed by atoms with E-state index in [1.165, 1.54) is 42.0 Å². The van der Waals surface area contributed by atoms with Crippen molar-refractivity contribution in [3.63, 3.8) is 0 Å². The number of benzene rings is 1. The maximum atomic E-state index is 12.6. The number of carbonyl (C=O) groups is 1. The zero-order chi connectivity index (χ0) is 17.6. The predicted octanol–water partition coefficient (Wildman–Crippen LogP) is 2.94. The highest BCUT2D eigenvalue weighted by Gasteiger charge is 2.43. The van der Waals surface area contributed by atoms with Gasteiger partial charge in [0.15, 0.2) is 5.69 Å². The van der Waals surface area contributed by atoms with E-state index in [9.17, 15) is 4.79 Å². The number of amides is 1. The van der Waals surface area contributed by atoms with Crippen LogP contribution in [0.15, 0.2) is 29.6 Å². The number of hydrogen-bond donors (Lipinski definition) is 0. The van der Waals surface area contributed by atoms with E-state index in [0.29, 0.717) is 5.69 Å². The molecule has 1 amide bonds. The van der Waals surface area contributed by atoms with E-state index in [-0.39, 0.29) is 11.3 Å². The van der Waals surface area contributed by atoms with Crippen LogP contribution in [0, 0.1) is 5.92 Å². The van der Waals surface area contributed by atoms with Gasteiger partial charge in [0.05, 0.1) is 0 Å². The SMILES string of the molecule is O=C(c1csnn1)N1CCC2(CC1)CN(CC1CC1)Cc1ccccc12. The summed E-state index contributed by atoms with van der Waals surface area (Å²) >= 11 is 1.24. The minimum atomic E-state index is 0.0348. The highest BCUT2D eigenvalue weighted by atomic mass is 32.1. The molecule has 2 fully saturated rings. The average Bonchev–Trinajstić information content (AvgIpc) is 3.31. The zero-order valence-corrected chi connectivity index (χ0v) is 15.7. The highest BCUT2D eigenvalue weighted by Crippen LogP contribution is 2.43. The maximum absolute atomic E-state index is 12.6. The lowest BCUT2D eigenvalue weighted by atomic mass is 9.68. The Morgan fingerprint density at radius 1 is 1.23 bits per heavy atom. The fourth-order valence-electron chi connectivity index (χ4n) is 4.77. The van der Waals surface area contributed by atoms with Gasteiger partial charge in [-0.05, 0) is 54.3 Å². The molecular formula is C20H24N4OS.